The number of nitrogens with zero attached hydrogens (tertiary/aromatic N) is 2. The largest absolute Gasteiger partial charge is 0.456 e. The van der Waals surface area contributed by atoms with Crippen LogP contribution in [0.25, 0.3) is 82.2 Å². The van der Waals surface area contributed by atoms with Crippen molar-refractivity contribution in [2.75, 3.05) is 0 Å². The summed E-state index contributed by atoms with van der Waals surface area (Å²) in [5.74, 6) is -0.0305. The number of pyridine rings is 1. The first-order chi connectivity index (χ1) is 28.1. The summed E-state index contributed by atoms with van der Waals surface area (Å²) in [7, 11) is 0. The maximum absolute atomic E-state index is 6.82. The number of rotatable bonds is 4. The average Bonchev–Trinajstić information content (AvgIpc) is 3.89. The molecule has 0 N–H and O–H groups in total. The SMILES string of the molecule is CC=N/C(=C\[C@H](C)c1cncc2c1oc1cc3c4ccccc4c4ccccc4c3cc12)c1ccc2c(c1)-c1ccccc1C21c2ccccc2-c2ccccc21. The minimum atomic E-state index is -0.366. The van der Waals surface area contributed by atoms with Crippen molar-refractivity contribution in [3.63, 3.8) is 0 Å². The van der Waals surface area contributed by atoms with Gasteiger partial charge in [0, 0.05) is 46.4 Å². The van der Waals surface area contributed by atoms with E-state index >= 15 is 0 Å². The summed E-state index contributed by atoms with van der Waals surface area (Å²) < 4.78 is 6.82. The van der Waals surface area contributed by atoms with Crippen LogP contribution in [0.5, 0.6) is 0 Å². The smallest absolute Gasteiger partial charge is 0.142 e. The Hall–Kier alpha value is -7.10. The van der Waals surface area contributed by atoms with Crippen molar-refractivity contribution in [2.24, 2.45) is 4.99 Å². The highest BCUT2D eigenvalue weighted by atomic mass is 16.3. The van der Waals surface area contributed by atoms with Crippen LogP contribution >= 0.6 is 0 Å². The molecule has 3 nitrogen and oxygen atoms in total. The molecule has 8 aromatic carbocycles. The van der Waals surface area contributed by atoms with Gasteiger partial charge in [0.15, 0.2) is 0 Å². The van der Waals surface area contributed by atoms with Gasteiger partial charge in [-0.05, 0) is 102 Å². The molecular weight excluding hydrogens is 693 g/mol. The summed E-state index contributed by atoms with van der Waals surface area (Å²) in [5.41, 5.74) is 14.9. The maximum Gasteiger partial charge on any atom is 0.142 e. The van der Waals surface area contributed by atoms with Crippen molar-refractivity contribution in [1.29, 1.82) is 0 Å². The Bertz CT molecular complexity index is 3350. The third-order valence-electron chi connectivity index (χ3n) is 12.7. The molecule has 1 spiro atoms. The van der Waals surface area contributed by atoms with Crippen LogP contribution in [0.3, 0.4) is 0 Å². The fourth-order valence-electron chi connectivity index (χ4n) is 10.4. The van der Waals surface area contributed by atoms with E-state index < -0.39 is 0 Å². The van der Waals surface area contributed by atoms with E-state index in [2.05, 4.69) is 165 Å². The highest BCUT2D eigenvalue weighted by molar-refractivity contribution is 6.28. The Morgan fingerprint density at radius 2 is 1.07 bits per heavy atom. The summed E-state index contributed by atoms with van der Waals surface area (Å²) in [6.07, 6.45) is 8.07. The summed E-state index contributed by atoms with van der Waals surface area (Å²) in [6.45, 7) is 4.21. The van der Waals surface area contributed by atoms with Gasteiger partial charge in [-0.25, -0.2) is 0 Å². The number of benzene rings is 8. The molecule has 1 atom stereocenters. The monoisotopic (exact) mass is 728 g/mol. The molecule has 0 saturated heterocycles. The molecule has 10 aromatic rings. The lowest BCUT2D eigenvalue weighted by Gasteiger charge is -2.30. The number of allylic oxidation sites excluding steroid dienone is 1. The van der Waals surface area contributed by atoms with Crippen LogP contribution in [0.15, 0.2) is 180 Å². The van der Waals surface area contributed by atoms with Crippen molar-refractivity contribution in [3.8, 4) is 22.3 Å². The summed E-state index contributed by atoms with van der Waals surface area (Å²) >= 11 is 0. The van der Waals surface area contributed by atoms with Gasteiger partial charge in [0.25, 0.3) is 0 Å². The number of furan rings is 1. The number of aromatic nitrogens is 1. The van der Waals surface area contributed by atoms with Gasteiger partial charge in [0.05, 0.1) is 11.1 Å². The van der Waals surface area contributed by atoms with Gasteiger partial charge >= 0.3 is 0 Å². The Labute approximate surface area is 330 Å². The van der Waals surface area contributed by atoms with Crippen LogP contribution in [0, 0.1) is 0 Å². The van der Waals surface area contributed by atoms with Crippen LogP contribution < -0.4 is 0 Å². The van der Waals surface area contributed by atoms with E-state index in [1.165, 1.54) is 76.8 Å². The number of fused-ring (bicyclic) bond motifs is 19. The second kappa shape index (κ2) is 11.9. The standard InChI is InChI=1S/C54H36N2O/c1-3-56-51(33-24-25-50-43(27-33)40-20-10-13-23-49(40)54(50)47-21-11-8-18-38(47)39-19-9-12-22-48(39)54)26-32(2)45-30-55-31-46-44-28-41-36-16-6-4-14-34(36)35-15-5-7-17-37(35)42(41)29-52(44)57-53(45)46/h3-32H,1-2H3/b51-26-,56-3?/t32-/m0/s1. The topological polar surface area (TPSA) is 38.4 Å². The molecule has 0 aliphatic heterocycles. The predicted molar refractivity (Wildman–Crippen MR) is 237 cm³/mol. The second-order valence-corrected chi connectivity index (χ2v) is 15.6. The predicted octanol–water partition coefficient (Wildman–Crippen LogP) is 14.0. The molecule has 12 rings (SSSR count). The van der Waals surface area contributed by atoms with Crippen molar-refractivity contribution in [2.45, 2.75) is 25.2 Å². The molecule has 57 heavy (non-hydrogen) atoms. The fourth-order valence-corrected chi connectivity index (χ4v) is 10.4. The molecule has 2 aliphatic carbocycles. The molecule has 0 fully saturated rings. The molecule has 3 heteroatoms. The molecule has 2 aliphatic rings. The first-order valence-electron chi connectivity index (χ1n) is 19.8. The fraction of sp³-hybridized carbons (Fsp3) is 0.0741. The van der Waals surface area contributed by atoms with Crippen molar-refractivity contribution >= 4 is 66.2 Å². The lowest BCUT2D eigenvalue weighted by atomic mass is 9.70. The molecule has 0 unspecified atom stereocenters. The molecule has 268 valence electrons. The van der Waals surface area contributed by atoms with E-state index in [1.807, 2.05) is 25.5 Å². The molecule has 0 saturated carbocycles. The molecule has 0 bridgehead atoms. The zero-order valence-electron chi connectivity index (χ0n) is 31.6. The van der Waals surface area contributed by atoms with E-state index in [1.54, 1.807) is 0 Å². The van der Waals surface area contributed by atoms with E-state index in [0.29, 0.717) is 0 Å². The number of hydrogen-bond acceptors (Lipinski definition) is 3. The summed E-state index contributed by atoms with van der Waals surface area (Å²) in [4.78, 5) is 9.80. The quantitative estimate of drug-likeness (QED) is 0.134. The first kappa shape index (κ1) is 32.2. The Morgan fingerprint density at radius 3 is 1.68 bits per heavy atom. The second-order valence-electron chi connectivity index (χ2n) is 15.6. The molecule has 0 amide bonds. The van der Waals surface area contributed by atoms with Crippen LogP contribution in [0.4, 0.5) is 0 Å². The van der Waals surface area contributed by atoms with Crippen molar-refractivity contribution in [1.82, 2.24) is 4.98 Å². The van der Waals surface area contributed by atoms with E-state index in [4.69, 9.17) is 14.4 Å². The highest BCUT2D eigenvalue weighted by Gasteiger charge is 2.51. The molecule has 2 aromatic heterocycles. The van der Waals surface area contributed by atoms with E-state index in [0.717, 1.165) is 38.8 Å². The third kappa shape index (κ3) is 4.31. The minimum Gasteiger partial charge on any atom is -0.456 e. The van der Waals surface area contributed by atoms with Gasteiger partial charge in [-0.2, -0.15) is 0 Å². The van der Waals surface area contributed by atoms with Crippen LogP contribution in [-0.4, -0.2) is 11.2 Å². The maximum atomic E-state index is 6.82. The first-order valence-corrected chi connectivity index (χ1v) is 19.8. The molecule has 0 radical (unpaired) electrons. The third-order valence-corrected chi connectivity index (χ3v) is 12.7. The average molecular weight is 729 g/mol. The number of aliphatic imine (C=N–C) groups is 1. The van der Waals surface area contributed by atoms with Crippen LogP contribution in [0.1, 0.15) is 53.1 Å². The zero-order valence-corrected chi connectivity index (χ0v) is 31.6. The van der Waals surface area contributed by atoms with Crippen molar-refractivity contribution < 1.29 is 4.42 Å². The van der Waals surface area contributed by atoms with Crippen LogP contribution in [0.2, 0.25) is 0 Å². The lowest BCUT2D eigenvalue weighted by Crippen LogP contribution is -2.25. The van der Waals surface area contributed by atoms with E-state index in [-0.39, 0.29) is 11.3 Å². The van der Waals surface area contributed by atoms with Gasteiger partial charge in [0.2, 0.25) is 0 Å². The van der Waals surface area contributed by atoms with Gasteiger partial charge < -0.3 is 4.42 Å². The van der Waals surface area contributed by atoms with Crippen LogP contribution in [-0.2, 0) is 5.41 Å². The minimum absolute atomic E-state index is 0.0305. The van der Waals surface area contributed by atoms with Gasteiger partial charge in [-0.1, -0.05) is 146 Å². The van der Waals surface area contributed by atoms with E-state index in [9.17, 15) is 0 Å². The normalized spacial score (nSPS) is 14.6. The number of hydrogen-bond donors (Lipinski definition) is 0. The van der Waals surface area contributed by atoms with Gasteiger partial charge in [-0.15, -0.1) is 0 Å². The van der Waals surface area contributed by atoms with Gasteiger partial charge in [0.1, 0.15) is 11.2 Å². The molecular formula is C54H36N2O. The summed E-state index contributed by atoms with van der Waals surface area (Å²) in [6, 6.07) is 55.8. The zero-order chi connectivity index (χ0) is 37.8. The summed E-state index contributed by atoms with van der Waals surface area (Å²) in [5, 5.41) is 9.52. The van der Waals surface area contributed by atoms with Crippen molar-refractivity contribution in [3.05, 3.63) is 204 Å². The Balaban J connectivity index is 1.01. The molecule has 2 heterocycles. The lowest BCUT2D eigenvalue weighted by molar-refractivity contribution is 0.660. The highest BCUT2D eigenvalue weighted by Crippen LogP contribution is 2.62. The van der Waals surface area contributed by atoms with Gasteiger partial charge in [-0.3, -0.25) is 9.98 Å². The Morgan fingerprint density at radius 1 is 0.544 bits per heavy atom. The Kier molecular flexibility index (Phi) is 6.74.